The van der Waals surface area contributed by atoms with Crippen molar-refractivity contribution in [1.82, 2.24) is 4.98 Å². The fourth-order valence-corrected chi connectivity index (χ4v) is 2.62. The first-order valence-electron chi connectivity index (χ1n) is 6.42. The molecule has 0 atom stereocenters. The molecule has 0 radical (unpaired) electrons. The van der Waals surface area contributed by atoms with Gasteiger partial charge in [-0.25, -0.2) is 4.98 Å². The number of halogens is 2. The molecule has 0 spiro atoms. The maximum Gasteiger partial charge on any atom is 0.253 e. The maximum atomic E-state index is 11.7. The van der Waals surface area contributed by atoms with E-state index >= 15 is 0 Å². The van der Waals surface area contributed by atoms with E-state index in [0.717, 1.165) is 11.1 Å². The lowest BCUT2D eigenvalue weighted by atomic mass is 10.0. The largest absolute Gasteiger partial charge is 0.276 e. The first-order chi connectivity index (χ1) is 10.1. The Balaban J connectivity index is 2.32. The molecule has 2 aromatic carbocycles. The van der Waals surface area contributed by atoms with Crippen molar-refractivity contribution in [2.75, 3.05) is 0 Å². The molecule has 21 heavy (non-hydrogen) atoms. The van der Waals surface area contributed by atoms with Crippen LogP contribution in [0.3, 0.4) is 0 Å². The molecule has 1 aromatic heterocycles. The third-order valence-electron chi connectivity index (χ3n) is 3.35. The van der Waals surface area contributed by atoms with Crippen LogP contribution in [0.5, 0.6) is 0 Å². The number of carbonyl (C=O) groups excluding carboxylic acids is 1. The number of aryl methyl sites for hydroxylation is 1. The molecular formula is C17H11Cl2NO. The van der Waals surface area contributed by atoms with Crippen LogP contribution in [0.15, 0.2) is 48.5 Å². The number of fused-ring (bicyclic) bond motifs is 1. The van der Waals surface area contributed by atoms with E-state index in [1.165, 1.54) is 0 Å². The van der Waals surface area contributed by atoms with Crippen LogP contribution in [0.2, 0.25) is 5.02 Å². The van der Waals surface area contributed by atoms with Crippen LogP contribution >= 0.6 is 23.2 Å². The quantitative estimate of drug-likeness (QED) is 0.605. The van der Waals surface area contributed by atoms with E-state index in [4.69, 9.17) is 23.2 Å². The molecular weight excluding hydrogens is 305 g/mol. The van der Waals surface area contributed by atoms with E-state index in [2.05, 4.69) is 4.98 Å². The Morgan fingerprint density at radius 3 is 2.48 bits per heavy atom. The van der Waals surface area contributed by atoms with Crippen molar-refractivity contribution in [2.45, 2.75) is 6.92 Å². The molecule has 0 bridgehead atoms. The number of aromatic nitrogens is 1. The van der Waals surface area contributed by atoms with Gasteiger partial charge in [0.25, 0.3) is 5.24 Å². The Hall–Kier alpha value is -1.90. The van der Waals surface area contributed by atoms with Crippen molar-refractivity contribution in [3.05, 3.63) is 64.7 Å². The summed E-state index contributed by atoms with van der Waals surface area (Å²) in [4.78, 5) is 16.3. The van der Waals surface area contributed by atoms with Crippen molar-refractivity contribution < 1.29 is 4.79 Å². The van der Waals surface area contributed by atoms with E-state index < -0.39 is 5.24 Å². The summed E-state index contributed by atoms with van der Waals surface area (Å²) in [7, 11) is 0. The summed E-state index contributed by atoms with van der Waals surface area (Å²) in [6, 6.07) is 14.9. The van der Waals surface area contributed by atoms with Crippen molar-refractivity contribution in [3.63, 3.8) is 0 Å². The summed E-state index contributed by atoms with van der Waals surface area (Å²) in [6.45, 7) is 2.02. The van der Waals surface area contributed by atoms with Crippen molar-refractivity contribution >= 4 is 39.3 Å². The summed E-state index contributed by atoms with van der Waals surface area (Å²) in [5.74, 6) is 0. The Morgan fingerprint density at radius 2 is 1.81 bits per heavy atom. The Kier molecular flexibility index (Phi) is 3.66. The van der Waals surface area contributed by atoms with Crippen molar-refractivity contribution in [2.24, 2.45) is 0 Å². The highest BCUT2D eigenvalue weighted by molar-refractivity contribution is 6.68. The van der Waals surface area contributed by atoms with Gasteiger partial charge in [0.2, 0.25) is 0 Å². The van der Waals surface area contributed by atoms with E-state index in [9.17, 15) is 4.79 Å². The molecule has 3 aromatic rings. The number of hydrogen-bond acceptors (Lipinski definition) is 2. The topological polar surface area (TPSA) is 30.0 Å². The number of para-hydroxylation sites is 1. The standard InChI is InChI=1S/C17H11Cl2NO/c1-10-5-7-11(8-6-10)15-9-13(17(19)21)12-3-2-4-14(18)16(12)20-15/h2-9H,1H3. The third kappa shape index (κ3) is 2.65. The SMILES string of the molecule is Cc1ccc(-c2cc(C(=O)Cl)c3cccc(Cl)c3n2)cc1. The van der Waals surface area contributed by atoms with Crippen LogP contribution in [0.25, 0.3) is 22.2 Å². The predicted molar refractivity (Wildman–Crippen MR) is 87.1 cm³/mol. The van der Waals surface area contributed by atoms with Gasteiger partial charge in [0.15, 0.2) is 0 Å². The summed E-state index contributed by atoms with van der Waals surface area (Å²) in [6.07, 6.45) is 0. The molecule has 0 amide bonds. The molecule has 0 unspecified atom stereocenters. The molecule has 0 aliphatic rings. The van der Waals surface area contributed by atoms with E-state index in [0.29, 0.717) is 27.2 Å². The van der Waals surface area contributed by atoms with Crippen LogP contribution in [0.1, 0.15) is 15.9 Å². The number of benzene rings is 2. The maximum absolute atomic E-state index is 11.7. The lowest BCUT2D eigenvalue weighted by molar-refractivity contribution is 0.108. The fraction of sp³-hybridized carbons (Fsp3) is 0.0588. The Bertz CT molecular complexity index is 841. The number of rotatable bonds is 2. The van der Waals surface area contributed by atoms with Gasteiger partial charge in [0, 0.05) is 16.5 Å². The van der Waals surface area contributed by atoms with Crippen LogP contribution in [-0.2, 0) is 0 Å². The fourth-order valence-electron chi connectivity index (χ4n) is 2.25. The number of hydrogen-bond donors (Lipinski definition) is 0. The molecule has 0 aliphatic heterocycles. The van der Waals surface area contributed by atoms with Crippen LogP contribution in [0.4, 0.5) is 0 Å². The highest BCUT2D eigenvalue weighted by atomic mass is 35.5. The van der Waals surface area contributed by atoms with Crippen LogP contribution < -0.4 is 0 Å². The zero-order valence-electron chi connectivity index (χ0n) is 11.2. The molecule has 0 fully saturated rings. The highest BCUT2D eigenvalue weighted by Gasteiger charge is 2.13. The van der Waals surface area contributed by atoms with Gasteiger partial charge in [-0.05, 0) is 30.7 Å². The minimum atomic E-state index is -0.516. The second kappa shape index (κ2) is 5.47. The minimum Gasteiger partial charge on any atom is -0.276 e. The summed E-state index contributed by atoms with van der Waals surface area (Å²) < 4.78 is 0. The van der Waals surface area contributed by atoms with Crippen LogP contribution in [-0.4, -0.2) is 10.2 Å². The molecule has 0 N–H and O–H groups in total. The molecule has 0 aliphatic carbocycles. The Labute approximate surface area is 132 Å². The Morgan fingerprint density at radius 1 is 1.10 bits per heavy atom. The molecule has 104 valence electrons. The van der Waals surface area contributed by atoms with E-state index in [-0.39, 0.29) is 0 Å². The second-order valence-electron chi connectivity index (χ2n) is 4.83. The zero-order chi connectivity index (χ0) is 15.0. The first-order valence-corrected chi connectivity index (χ1v) is 7.18. The summed E-state index contributed by atoms with van der Waals surface area (Å²) >= 11 is 11.9. The third-order valence-corrected chi connectivity index (χ3v) is 3.86. The van der Waals surface area contributed by atoms with E-state index in [1.54, 1.807) is 24.3 Å². The average molecular weight is 316 g/mol. The number of nitrogens with zero attached hydrogens (tertiary/aromatic N) is 1. The molecule has 4 heteroatoms. The zero-order valence-corrected chi connectivity index (χ0v) is 12.7. The van der Waals surface area contributed by atoms with Gasteiger partial charge in [0.05, 0.1) is 16.2 Å². The van der Waals surface area contributed by atoms with Gasteiger partial charge in [0.1, 0.15) is 0 Å². The molecule has 0 saturated carbocycles. The van der Waals surface area contributed by atoms with Crippen molar-refractivity contribution in [1.29, 1.82) is 0 Å². The predicted octanol–water partition coefficient (Wildman–Crippen LogP) is 5.24. The summed E-state index contributed by atoms with van der Waals surface area (Å²) in [5, 5.41) is 0.650. The van der Waals surface area contributed by atoms with Gasteiger partial charge >= 0.3 is 0 Å². The molecule has 2 nitrogen and oxygen atoms in total. The van der Waals surface area contributed by atoms with Gasteiger partial charge in [-0.3, -0.25) is 4.79 Å². The molecule has 1 heterocycles. The molecule has 3 rings (SSSR count). The normalized spacial score (nSPS) is 10.8. The lowest BCUT2D eigenvalue weighted by Gasteiger charge is -2.08. The highest BCUT2D eigenvalue weighted by Crippen LogP contribution is 2.29. The van der Waals surface area contributed by atoms with Gasteiger partial charge < -0.3 is 0 Å². The lowest BCUT2D eigenvalue weighted by Crippen LogP contribution is -1.96. The minimum absolute atomic E-state index is 0.416. The number of carbonyl (C=O) groups is 1. The summed E-state index contributed by atoms with van der Waals surface area (Å²) in [5.41, 5.74) is 3.76. The van der Waals surface area contributed by atoms with Gasteiger partial charge in [-0.15, -0.1) is 0 Å². The van der Waals surface area contributed by atoms with E-state index in [1.807, 2.05) is 31.2 Å². The van der Waals surface area contributed by atoms with Crippen LogP contribution in [0, 0.1) is 6.92 Å². The smallest absolute Gasteiger partial charge is 0.253 e. The number of pyridine rings is 1. The van der Waals surface area contributed by atoms with Gasteiger partial charge in [-0.1, -0.05) is 53.6 Å². The first kappa shape index (κ1) is 14.1. The monoisotopic (exact) mass is 315 g/mol. The van der Waals surface area contributed by atoms with Gasteiger partial charge in [-0.2, -0.15) is 0 Å². The average Bonchev–Trinajstić information content (AvgIpc) is 2.47. The molecule has 0 saturated heterocycles. The second-order valence-corrected chi connectivity index (χ2v) is 5.58. The van der Waals surface area contributed by atoms with Crippen molar-refractivity contribution in [3.8, 4) is 11.3 Å².